The maximum Gasteiger partial charge on any atom is 0.309 e. The van der Waals surface area contributed by atoms with E-state index < -0.39 is 71.1 Å². The number of carbonyl (C=O) groups is 7. The molecule has 70 heavy (non-hydrogen) atoms. The van der Waals surface area contributed by atoms with Crippen molar-refractivity contribution in [3.05, 3.63) is 40.2 Å². The van der Waals surface area contributed by atoms with Crippen LogP contribution in [0.2, 0.25) is 0 Å². The summed E-state index contributed by atoms with van der Waals surface area (Å²) in [5.41, 5.74) is 5.80. The topological polar surface area (TPSA) is 242 Å². The van der Waals surface area contributed by atoms with Crippen molar-refractivity contribution in [2.75, 3.05) is 30.8 Å². The number of rotatable bonds is 27. The third-order valence-corrected chi connectivity index (χ3v) is 14.2. The number of aromatic nitrogens is 1. The summed E-state index contributed by atoms with van der Waals surface area (Å²) in [5.74, 6) is -3.07. The van der Waals surface area contributed by atoms with Crippen LogP contribution in [-0.4, -0.2) is 106 Å². The second-order valence-corrected chi connectivity index (χ2v) is 21.1. The Morgan fingerprint density at radius 1 is 0.971 bits per heavy atom. The van der Waals surface area contributed by atoms with E-state index in [-0.39, 0.29) is 60.8 Å². The molecule has 0 aliphatic carbocycles. The lowest BCUT2D eigenvalue weighted by Gasteiger charge is -2.40. The summed E-state index contributed by atoms with van der Waals surface area (Å²) in [7, 11) is 1.98. The van der Waals surface area contributed by atoms with Gasteiger partial charge in [-0.25, -0.2) is 4.98 Å². The predicted octanol–water partition coefficient (Wildman–Crippen LogP) is 6.74. The Kier molecular flexibility index (Phi) is 23.5. The van der Waals surface area contributed by atoms with Crippen LogP contribution in [0.5, 0.6) is 0 Å². The number of piperidine rings is 1. The first-order valence-corrected chi connectivity index (χ1v) is 25.7. The van der Waals surface area contributed by atoms with E-state index >= 15 is 0 Å². The minimum Gasteiger partial charge on any atom is -0.481 e. The number of aliphatic carboxylic acids is 1. The van der Waals surface area contributed by atoms with Crippen LogP contribution >= 0.6 is 11.3 Å². The van der Waals surface area contributed by atoms with Gasteiger partial charge in [-0.1, -0.05) is 60.1 Å². The van der Waals surface area contributed by atoms with Crippen molar-refractivity contribution in [2.24, 2.45) is 40.7 Å². The van der Waals surface area contributed by atoms with E-state index in [0.29, 0.717) is 48.5 Å². The molecule has 3 rings (SSSR count). The number of nitrogens with one attached hydrogen (secondary N) is 4. The van der Waals surface area contributed by atoms with Gasteiger partial charge in [-0.2, -0.15) is 0 Å². The zero-order valence-electron chi connectivity index (χ0n) is 43.3. The molecule has 0 bridgehead atoms. The zero-order chi connectivity index (χ0) is 52.5. The van der Waals surface area contributed by atoms with Crippen LogP contribution in [0.25, 0.3) is 0 Å². The highest BCUT2D eigenvalue weighted by Crippen LogP contribution is 2.35. The third kappa shape index (κ3) is 17.8. The molecule has 1 saturated heterocycles. The summed E-state index contributed by atoms with van der Waals surface area (Å²) in [6.07, 6.45) is 10.00. The molecule has 2 heterocycles. The monoisotopic (exact) mass is 993 g/mol. The quantitative estimate of drug-likeness (QED) is 0.0236. The number of benzene rings is 1. The van der Waals surface area contributed by atoms with Crippen molar-refractivity contribution in [1.82, 2.24) is 25.4 Å². The fraction of sp³-hybridized carbons (Fsp3) is 0.654. The van der Waals surface area contributed by atoms with Crippen molar-refractivity contribution in [2.45, 2.75) is 164 Å². The van der Waals surface area contributed by atoms with Gasteiger partial charge in [0.2, 0.25) is 29.5 Å². The molecule has 1 aromatic carbocycles. The van der Waals surface area contributed by atoms with Crippen LogP contribution in [0.15, 0.2) is 29.6 Å². The molecule has 1 aliphatic rings. The summed E-state index contributed by atoms with van der Waals surface area (Å²) < 4.78 is 5.93. The highest BCUT2D eigenvalue weighted by molar-refractivity contribution is 7.10. The number of esters is 1. The first-order valence-electron chi connectivity index (χ1n) is 24.8. The summed E-state index contributed by atoms with van der Waals surface area (Å²) in [6.45, 7) is 18.6. The molecule has 1 aliphatic heterocycles. The lowest BCUT2D eigenvalue weighted by Crippen LogP contribution is -2.56. The normalized spacial score (nSPS) is 17.2. The number of carbonyl (C=O) groups excluding carboxylic acids is 6. The average Bonchev–Trinajstić information content (AvgIpc) is 3.76. The standard InChI is InChI=1S/C52H80N8O9S/c1-13-15-16-18-26-60(50(66)43(33(7)14-2)47(64)58-42-20-17-19-25-59(42)12)39(31(3)4)28-40(69-35(9)61)49-57-41(30-70-49)56-46(63)37(29-52(10,11)51(67)68)27-36-21-23-38(24-22-36)55-45(62)34(8)54-48(65)44(53)32(5)6/h1,21-24,30-34,37,39-40,42-44H,14-20,25-29,53H2,2-12H3,(H,54,65)(H,55,62)(H,56,63)(H,58,64)(H,67,68)/t33-,34-,37-,39+,40+,42+,43-,44-/m0/s1. The van der Waals surface area contributed by atoms with E-state index in [4.69, 9.17) is 21.9 Å². The summed E-state index contributed by atoms with van der Waals surface area (Å²) >= 11 is 1.17. The first-order chi connectivity index (χ1) is 32.9. The second kappa shape index (κ2) is 27.9. The first kappa shape index (κ1) is 58.9. The highest BCUT2D eigenvalue weighted by Gasteiger charge is 2.41. The molecule has 2 aromatic rings. The van der Waals surface area contributed by atoms with Crippen molar-refractivity contribution in [3.8, 4) is 12.3 Å². The molecule has 17 nitrogen and oxygen atoms in total. The van der Waals surface area contributed by atoms with E-state index in [9.17, 15) is 38.7 Å². The van der Waals surface area contributed by atoms with Gasteiger partial charge < -0.3 is 41.7 Å². The molecule has 0 radical (unpaired) electrons. The number of likely N-dealkylation sites (tertiary alicyclic amines) is 1. The molecular formula is C52H80N8O9S. The average molecular weight is 993 g/mol. The number of anilines is 2. The number of carboxylic acids is 1. The molecule has 5 amide bonds. The van der Waals surface area contributed by atoms with Gasteiger partial charge in [0, 0.05) is 49.3 Å². The molecule has 0 unspecified atom stereocenters. The smallest absolute Gasteiger partial charge is 0.309 e. The Morgan fingerprint density at radius 3 is 2.21 bits per heavy atom. The molecule has 0 spiro atoms. The highest BCUT2D eigenvalue weighted by atomic mass is 32.1. The maximum atomic E-state index is 14.9. The van der Waals surface area contributed by atoms with Gasteiger partial charge in [0.15, 0.2) is 6.10 Å². The van der Waals surface area contributed by atoms with Gasteiger partial charge >= 0.3 is 11.9 Å². The van der Waals surface area contributed by atoms with Crippen LogP contribution in [0, 0.1) is 47.3 Å². The number of hydrogen-bond donors (Lipinski definition) is 6. The van der Waals surface area contributed by atoms with Crippen molar-refractivity contribution in [3.63, 3.8) is 0 Å². The van der Waals surface area contributed by atoms with Gasteiger partial charge in [0.25, 0.3) is 0 Å². The Bertz CT molecular complexity index is 2120. The van der Waals surface area contributed by atoms with Crippen LogP contribution < -0.4 is 27.0 Å². The van der Waals surface area contributed by atoms with Crippen molar-refractivity contribution in [1.29, 1.82) is 0 Å². The minimum absolute atomic E-state index is 0.0241. The summed E-state index contributed by atoms with van der Waals surface area (Å²) in [4.78, 5) is 102. The number of thiazole rings is 1. The van der Waals surface area contributed by atoms with Gasteiger partial charge in [-0.3, -0.25) is 38.5 Å². The van der Waals surface area contributed by atoms with Gasteiger partial charge in [0.1, 0.15) is 22.8 Å². The van der Waals surface area contributed by atoms with Crippen LogP contribution in [-0.2, 0) is 44.7 Å². The molecule has 1 aromatic heterocycles. The SMILES string of the molecule is C#CCCCCN(C(=O)[C@H](C(=O)N[C@H]1CCCCN1C)[C@@H](C)CC)[C@H](C[C@@H](OC(C)=O)c1nc(NC(=O)[C@@H](Cc2ccc(NC(=O)[C@H](C)NC(=O)[C@@H](N)C(C)C)cc2)CC(C)(C)C(=O)O)cs1)C(C)C. The second-order valence-electron chi connectivity index (χ2n) is 20.2. The van der Waals surface area contributed by atoms with Crippen molar-refractivity contribution < 1.29 is 43.4 Å². The van der Waals surface area contributed by atoms with Gasteiger partial charge in [-0.15, -0.1) is 23.7 Å². The van der Waals surface area contributed by atoms with Crippen LogP contribution in [0.1, 0.15) is 144 Å². The number of terminal acetylenes is 1. The summed E-state index contributed by atoms with van der Waals surface area (Å²) in [5, 5.41) is 23.5. The molecular weight excluding hydrogens is 913 g/mol. The third-order valence-electron chi connectivity index (χ3n) is 13.3. The van der Waals surface area contributed by atoms with Gasteiger partial charge in [0.05, 0.1) is 17.6 Å². The maximum absolute atomic E-state index is 14.9. The number of nitrogens with two attached hydrogens (primary N) is 1. The van der Waals surface area contributed by atoms with Crippen molar-refractivity contribution >= 4 is 64.3 Å². The lowest BCUT2D eigenvalue weighted by molar-refractivity contribution is -0.151. The Hall–Kier alpha value is -5.38. The van der Waals surface area contributed by atoms with E-state index in [1.807, 2.05) is 48.6 Å². The molecule has 0 saturated carbocycles. The van der Waals surface area contributed by atoms with Crippen LogP contribution in [0.3, 0.4) is 0 Å². The van der Waals surface area contributed by atoms with E-state index in [1.165, 1.54) is 18.3 Å². The Morgan fingerprint density at radius 2 is 1.64 bits per heavy atom. The molecule has 388 valence electrons. The molecule has 8 atom stereocenters. The fourth-order valence-electron chi connectivity index (χ4n) is 8.49. The minimum atomic E-state index is -1.28. The molecule has 7 N–H and O–H groups in total. The van der Waals surface area contributed by atoms with E-state index in [1.54, 1.807) is 55.3 Å². The zero-order valence-corrected chi connectivity index (χ0v) is 44.1. The Labute approximate surface area is 419 Å². The number of unbranched alkanes of at least 4 members (excludes halogenated alkanes) is 2. The number of amides is 5. The summed E-state index contributed by atoms with van der Waals surface area (Å²) in [6, 6.07) is 4.66. The number of nitrogens with zero attached hydrogens (tertiary/aromatic N) is 3. The van der Waals surface area contributed by atoms with Crippen LogP contribution in [0.4, 0.5) is 11.5 Å². The van der Waals surface area contributed by atoms with Gasteiger partial charge in [-0.05, 0) is 115 Å². The lowest BCUT2D eigenvalue weighted by atomic mass is 9.80. The largest absolute Gasteiger partial charge is 0.481 e. The number of ether oxygens (including phenoxy) is 1. The number of carboxylic acid groups (broad SMARTS) is 1. The Balaban J connectivity index is 1.90. The number of hydrogen-bond acceptors (Lipinski definition) is 12. The fourth-order valence-corrected chi connectivity index (χ4v) is 9.28. The predicted molar refractivity (Wildman–Crippen MR) is 273 cm³/mol. The van der Waals surface area contributed by atoms with E-state index in [2.05, 4.69) is 32.1 Å². The molecule has 18 heteroatoms. The molecule has 1 fully saturated rings. The van der Waals surface area contributed by atoms with E-state index in [0.717, 1.165) is 25.8 Å².